The fourth-order valence-corrected chi connectivity index (χ4v) is 2.53. The molecular formula is C17H19BrN2O5. The van der Waals surface area contributed by atoms with E-state index in [-0.39, 0.29) is 17.9 Å². The van der Waals surface area contributed by atoms with Crippen LogP contribution in [0.15, 0.2) is 45.5 Å². The highest BCUT2D eigenvalue weighted by Crippen LogP contribution is 2.26. The molecule has 25 heavy (non-hydrogen) atoms. The van der Waals surface area contributed by atoms with Crippen molar-refractivity contribution in [1.29, 1.82) is 0 Å². The van der Waals surface area contributed by atoms with Crippen molar-refractivity contribution in [3.63, 3.8) is 0 Å². The Morgan fingerprint density at radius 3 is 2.72 bits per heavy atom. The van der Waals surface area contributed by atoms with Gasteiger partial charge in [0.05, 0.1) is 22.3 Å². The maximum absolute atomic E-state index is 12.5. The predicted octanol–water partition coefficient (Wildman–Crippen LogP) is 4.09. The van der Waals surface area contributed by atoms with E-state index in [1.165, 1.54) is 24.5 Å². The summed E-state index contributed by atoms with van der Waals surface area (Å²) >= 11 is 3.10. The Morgan fingerprint density at radius 1 is 1.36 bits per heavy atom. The highest BCUT2D eigenvalue weighted by molar-refractivity contribution is 9.10. The molecule has 0 spiro atoms. The molecule has 7 nitrogen and oxygen atoms in total. The fraction of sp³-hybridized carbons (Fsp3) is 0.353. The van der Waals surface area contributed by atoms with Crippen molar-refractivity contribution in [3.05, 3.63) is 62.5 Å². The number of hydrogen-bond acceptors (Lipinski definition) is 5. The lowest BCUT2D eigenvalue weighted by molar-refractivity contribution is -0.385. The van der Waals surface area contributed by atoms with Crippen LogP contribution in [0.3, 0.4) is 0 Å². The van der Waals surface area contributed by atoms with Gasteiger partial charge in [-0.2, -0.15) is 0 Å². The highest BCUT2D eigenvalue weighted by Gasteiger charge is 2.21. The van der Waals surface area contributed by atoms with Crippen LogP contribution in [0, 0.1) is 16.0 Å². The zero-order valence-corrected chi connectivity index (χ0v) is 15.5. The number of ether oxygens (including phenoxy) is 1. The molecule has 134 valence electrons. The summed E-state index contributed by atoms with van der Waals surface area (Å²) < 4.78 is 11.3. The third kappa shape index (κ3) is 5.40. The van der Waals surface area contributed by atoms with Crippen molar-refractivity contribution >= 4 is 27.5 Å². The monoisotopic (exact) mass is 410 g/mol. The second kappa shape index (κ2) is 8.77. The molecule has 0 fully saturated rings. The van der Waals surface area contributed by atoms with Gasteiger partial charge in [-0.25, -0.2) is 0 Å². The third-order valence-corrected chi connectivity index (χ3v) is 4.00. The van der Waals surface area contributed by atoms with Crippen molar-refractivity contribution in [3.8, 4) is 0 Å². The van der Waals surface area contributed by atoms with Crippen molar-refractivity contribution in [2.75, 3.05) is 13.2 Å². The molecule has 0 bridgehead atoms. The molecular weight excluding hydrogens is 392 g/mol. The molecule has 1 amide bonds. The number of furan rings is 1. The lowest BCUT2D eigenvalue weighted by atomic mass is 10.1. The molecule has 1 aromatic carbocycles. The van der Waals surface area contributed by atoms with Gasteiger partial charge in [0.15, 0.2) is 0 Å². The number of carbonyl (C=O) groups excluding carboxylic acids is 1. The number of carbonyl (C=O) groups is 1. The Morgan fingerprint density at radius 2 is 2.12 bits per heavy atom. The van der Waals surface area contributed by atoms with Crippen LogP contribution in [-0.2, 0) is 4.74 Å². The minimum Gasteiger partial charge on any atom is -0.467 e. The van der Waals surface area contributed by atoms with E-state index in [2.05, 4.69) is 21.2 Å². The molecule has 0 saturated heterocycles. The number of benzene rings is 1. The number of rotatable bonds is 8. The molecule has 1 unspecified atom stereocenters. The van der Waals surface area contributed by atoms with Crippen molar-refractivity contribution < 1.29 is 18.9 Å². The zero-order valence-electron chi connectivity index (χ0n) is 13.9. The molecule has 0 aliphatic carbocycles. The summed E-state index contributed by atoms with van der Waals surface area (Å²) in [6, 6.07) is 7.21. The SMILES string of the molecule is CC(C)COCC(NC(=O)c1ccc(Br)c([N+](=O)[O-])c1)c1ccco1. The van der Waals surface area contributed by atoms with Gasteiger partial charge in [0, 0.05) is 18.2 Å². The lowest BCUT2D eigenvalue weighted by Gasteiger charge is -2.18. The Hall–Kier alpha value is -2.19. The highest BCUT2D eigenvalue weighted by atomic mass is 79.9. The molecule has 2 aromatic rings. The predicted molar refractivity (Wildman–Crippen MR) is 95.4 cm³/mol. The molecule has 2 rings (SSSR count). The van der Waals surface area contributed by atoms with E-state index in [0.717, 1.165) is 0 Å². The van der Waals surface area contributed by atoms with Gasteiger partial charge in [0.2, 0.25) is 0 Å². The second-order valence-corrected chi connectivity index (χ2v) is 6.75. The summed E-state index contributed by atoms with van der Waals surface area (Å²) in [5, 5.41) is 13.8. The largest absolute Gasteiger partial charge is 0.467 e. The topological polar surface area (TPSA) is 94.6 Å². The maximum atomic E-state index is 12.5. The lowest BCUT2D eigenvalue weighted by Crippen LogP contribution is -2.31. The normalized spacial score (nSPS) is 12.2. The van der Waals surface area contributed by atoms with Gasteiger partial charge in [-0.3, -0.25) is 14.9 Å². The molecule has 0 saturated carbocycles. The van der Waals surface area contributed by atoms with E-state index in [1.807, 2.05) is 13.8 Å². The Bertz CT molecular complexity index is 731. The molecule has 1 atom stereocenters. The number of halogens is 1. The van der Waals surface area contributed by atoms with Gasteiger partial charge in [-0.05, 0) is 46.1 Å². The standard InChI is InChI=1S/C17H19BrN2O5/c1-11(2)9-24-10-14(16-4-3-7-25-16)19-17(21)12-5-6-13(18)15(8-12)20(22)23/h3-8,11,14H,9-10H2,1-2H3,(H,19,21). The minimum atomic E-state index is -0.545. The fourth-order valence-electron chi connectivity index (χ4n) is 2.14. The van der Waals surface area contributed by atoms with Gasteiger partial charge in [0.1, 0.15) is 11.8 Å². The third-order valence-electron chi connectivity index (χ3n) is 3.33. The van der Waals surface area contributed by atoms with Crippen LogP contribution in [0.1, 0.15) is 36.0 Å². The molecule has 1 aromatic heterocycles. The van der Waals surface area contributed by atoms with Gasteiger partial charge >= 0.3 is 0 Å². The van der Waals surface area contributed by atoms with Crippen LogP contribution in [-0.4, -0.2) is 24.0 Å². The first-order valence-electron chi connectivity index (χ1n) is 7.74. The smallest absolute Gasteiger partial charge is 0.284 e. The summed E-state index contributed by atoms with van der Waals surface area (Å²) in [6.07, 6.45) is 1.52. The van der Waals surface area contributed by atoms with Crippen LogP contribution in [0.5, 0.6) is 0 Å². The average Bonchev–Trinajstić information content (AvgIpc) is 3.08. The number of nitro groups is 1. The maximum Gasteiger partial charge on any atom is 0.284 e. The van der Waals surface area contributed by atoms with Gasteiger partial charge in [0.25, 0.3) is 11.6 Å². The van der Waals surface area contributed by atoms with E-state index < -0.39 is 16.9 Å². The van der Waals surface area contributed by atoms with E-state index in [0.29, 0.717) is 22.8 Å². The van der Waals surface area contributed by atoms with E-state index >= 15 is 0 Å². The summed E-state index contributed by atoms with van der Waals surface area (Å²) in [7, 11) is 0. The average molecular weight is 411 g/mol. The molecule has 0 aliphatic rings. The van der Waals surface area contributed by atoms with Gasteiger partial charge in [-0.15, -0.1) is 0 Å². The summed E-state index contributed by atoms with van der Waals surface area (Å²) in [5.41, 5.74) is 0.0218. The van der Waals surface area contributed by atoms with E-state index in [4.69, 9.17) is 9.15 Å². The summed E-state index contributed by atoms with van der Waals surface area (Å²) in [4.78, 5) is 23.0. The van der Waals surface area contributed by atoms with Crippen molar-refractivity contribution in [2.24, 2.45) is 5.92 Å². The molecule has 0 radical (unpaired) electrons. The minimum absolute atomic E-state index is 0.168. The molecule has 8 heteroatoms. The number of hydrogen-bond donors (Lipinski definition) is 1. The zero-order chi connectivity index (χ0) is 18.4. The Kier molecular flexibility index (Phi) is 6.72. The van der Waals surface area contributed by atoms with Crippen molar-refractivity contribution in [2.45, 2.75) is 19.9 Å². The Labute approximate surface area is 153 Å². The van der Waals surface area contributed by atoms with Crippen molar-refractivity contribution in [1.82, 2.24) is 5.32 Å². The number of amides is 1. The number of nitro benzene ring substituents is 1. The van der Waals surface area contributed by atoms with Crippen LogP contribution in [0.2, 0.25) is 0 Å². The van der Waals surface area contributed by atoms with Crippen LogP contribution in [0.4, 0.5) is 5.69 Å². The first-order valence-corrected chi connectivity index (χ1v) is 8.53. The number of nitrogens with zero attached hydrogens (tertiary/aromatic N) is 1. The van der Waals surface area contributed by atoms with Gasteiger partial charge in [-0.1, -0.05) is 13.8 Å². The van der Waals surface area contributed by atoms with E-state index in [1.54, 1.807) is 12.1 Å². The Balaban J connectivity index is 2.13. The number of nitrogens with one attached hydrogen (secondary N) is 1. The second-order valence-electron chi connectivity index (χ2n) is 5.90. The van der Waals surface area contributed by atoms with Crippen LogP contribution in [0.25, 0.3) is 0 Å². The molecule has 1 N–H and O–H groups in total. The van der Waals surface area contributed by atoms with Crippen LogP contribution >= 0.6 is 15.9 Å². The van der Waals surface area contributed by atoms with Crippen LogP contribution < -0.4 is 5.32 Å². The molecule has 1 heterocycles. The molecule has 0 aliphatic heterocycles. The quantitative estimate of drug-likeness (QED) is 0.522. The van der Waals surface area contributed by atoms with Gasteiger partial charge < -0.3 is 14.5 Å². The first kappa shape index (κ1) is 19.1. The first-order chi connectivity index (χ1) is 11.9. The van der Waals surface area contributed by atoms with E-state index in [9.17, 15) is 14.9 Å². The summed E-state index contributed by atoms with van der Waals surface area (Å²) in [6.45, 7) is 4.86. The summed E-state index contributed by atoms with van der Waals surface area (Å²) in [5.74, 6) is 0.482.